The third-order valence-electron chi connectivity index (χ3n) is 4.24. The molecular weight excluding hydrogens is 266 g/mol. The van der Waals surface area contributed by atoms with E-state index >= 15 is 0 Å². The highest BCUT2D eigenvalue weighted by molar-refractivity contribution is 5.73. The molecule has 2 rings (SSSR count). The van der Waals surface area contributed by atoms with E-state index in [4.69, 9.17) is 4.74 Å². The van der Waals surface area contributed by atoms with E-state index in [9.17, 15) is 9.90 Å². The molecule has 0 spiro atoms. The fourth-order valence-corrected chi connectivity index (χ4v) is 2.96. The Hall–Kier alpha value is -1.55. The van der Waals surface area contributed by atoms with Gasteiger partial charge < -0.3 is 9.84 Å². The summed E-state index contributed by atoms with van der Waals surface area (Å²) in [6.45, 7) is 5.80. The largest absolute Gasteiger partial charge is 0.496 e. The van der Waals surface area contributed by atoms with Crippen molar-refractivity contribution in [1.29, 1.82) is 0 Å². The van der Waals surface area contributed by atoms with Gasteiger partial charge in [0.15, 0.2) is 0 Å². The number of nitrogens with zero attached hydrogens (tertiary/aromatic N) is 1. The molecule has 1 atom stereocenters. The molecule has 1 N–H and O–H groups in total. The number of carboxylic acids is 1. The van der Waals surface area contributed by atoms with Gasteiger partial charge in [-0.3, -0.25) is 9.69 Å². The first-order chi connectivity index (χ1) is 10.0. The summed E-state index contributed by atoms with van der Waals surface area (Å²) in [5.74, 6) is 0.578. The summed E-state index contributed by atoms with van der Waals surface area (Å²) < 4.78 is 5.44. The number of benzene rings is 1. The predicted molar refractivity (Wildman–Crippen MR) is 82.8 cm³/mol. The van der Waals surface area contributed by atoms with Crippen molar-refractivity contribution < 1.29 is 14.6 Å². The van der Waals surface area contributed by atoms with E-state index in [0.29, 0.717) is 12.5 Å². The van der Waals surface area contributed by atoms with Gasteiger partial charge in [-0.2, -0.15) is 0 Å². The van der Waals surface area contributed by atoms with Crippen molar-refractivity contribution in [3.05, 3.63) is 29.3 Å². The zero-order valence-electron chi connectivity index (χ0n) is 13.1. The molecule has 1 aromatic rings. The van der Waals surface area contributed by atoms with Crippen LogP contribution in [0.25, 0.3) is 0 Å². The van der Waals surface area contributed by atoms with Crippen LogP contribution in [0.2, 0.25) is 0 Å². The fraction of sp³-hybridized carbons (Fsp3) is 0.588. The van der Waals surface area contributed by atoms with Crippen molar-refractivity contribution in [3.63, 3.8) is 0 Å². The third-order valence-corrected chi connectivity index (χ3v) is 4.24. The average molecular weight is 291 g/mol. The molecule has 4 nitrogen and oxygen atoms in total. The molecule has 0 radical (unpaired) electrons. The van der Waals surface area contributed by atoms with Crippen molar-refractivity contribution in [2.45, 2.75) is 51.6 Å². The van der Waals surface area contributed by atoms with Gasteiger partial charge in [0.25, 0.3) is 0 Å². The van der Waals surface area contributed by atoms with Gasteiger partial charge in [0.2, 0.25) is 0 Å². The zero-order valence-corrected chi connectivity index (χ0v) is 13.1. The number of rotatable bonds is 5. The van der Waals surface area contributed by atoms with Gasteiger partial charge in [-0.15, -0.1) is 0 Å². The first kappa shape index (κ1) is 15.8. The minimum absolute atomic E-state index is 0.369. The maximum Gasteiger partial charge on any atom is 0.320 e. The maximum absolute atomic E-state index is 11.4. The molecule has 1 aliphatic rings. The van der Waals surface area contributed by atoms with E-state index in [1.165, 1.54) is 5.56 Å². The Morgan fingerprint density at radius 2 is 2.19 bits per heavy atom. The molecule has 4 heteroatoms. The van der Waals surface area contributed by atoms with Crippen LogP contribution in [-0.4, -0.2) is 35.7 Å². The van der Waals surface area contributed by atoms with Crippen molar-refractivity contribution in [3.8, 4) is 5.75 Å². The lowest BCUT2D eigenvalue weighted by atomic mass is 9.98. The molecule has 0 saturated carbocycles. The highest BCUT2D eigenvalue weighted by Crippen LogP contribution is 2.28. The van der Waals surface area contributed by atoms with E-state index < -0.39 is 5.97 Å². The Balaban J connectivity index is 2.23. The number of hydrogen-bond acceptors (Lipinski definition) is 3. The highest BCUT2D eigenvalue weighted by atomic mass is 16.5. The Bertz CT molecular complexity index is 499. The molecule has 0 aromatic heterocycles. The molecule has 1 unspecified atom stereocenters. The van der Waals surface area contributed by atoms with Gasteiger partial charge in [0, 0.05) is 12.1 Å². The first-order valence-corrected chi connectivity index (χ1v) is 7.66. The number of carboxylic acid groups (broad SMARTS) is 1. The molecule has 116 valence electrons. The van der Waals surface area contributed by atoms with Gasteiger partial charge in [-0.25, -0.2) is 0 Å². The number of ether oxygens (including phenoxy) is 1. The van der Waals surface area contributed by atoms with Crippen LogP contribution in [0.1, 0.15) is 50.2 Å². The van der Waals surface area contributed by atoms with Gasteiger partial charge >= 0.3 is 5.97 Å². The summed E-state index contributed by atoms with van der Waals surface area (Å²) in [5.41, 5.74) is 2.34. The van der Waals surface area contributed by atoms with Crippen molar-refractivity contribution in [2.75, 3.05) is 13.7 Å². The second-order valence-electron chi connectivity index (χ2n) is 6.05. The van der Waals surface area contributed by atoms with Gasteiger partial charge in [0.05, 0.1) is 7.11 Å². The normalized spacial score (nSPS) is 19.7. The summed E-state index contributed by atoms with van der Waals surface area (Å²) in [4.78, 5) is 13.5. The van der Waals surface area contributed by atoms with Crippen LogP contribution in [-0.2, 0) is 11.3 Å². The summed E-state index contributed by atoms with van der Waals surface area (Å²) >= 11 is 0. The summed E-state index contributed by atoms with van der Waals surface area (Å²) in [6.07, 6.45) is 2.80. The van der Waals surface area contributed by atoms with Crippen LogP contribution in [0, 0.1) is 0 Å². The maximum atomic E-state index is 11.4. The first-order valence-electron chi connectivity index (χ1n) is 7.66. The fourth-order valence-electron chi connectivity index (χ4n) is 2.96. The summed E-state index contributed by atoms with van der Waals surface area (Å²) in [7, 11) is 1.67. The molecule has 0 bridgehead atoms. The number of methoxy groups -OCH3 is 1. The van der Waals surface area contributed by atoms with Crippen LogP contribution in [0.15, 0.2) is 18.2 Å². The molecule has 21 heavy (non-hydrogen) atoms. The number of likely N-dealkylation sites (tertiary alicyclic amines) is 1. The second-order valence-corrected chi connectivity index (χ2v) is 6.05. The number of aliphatic carboxylic acids is 1. The minimum atomic E-state index is -0.714. The smallest absolute Gasteiger partial charge is 0.320 e. The van der Waals surface area contributed by atoms with E-state index in [-0.39, 0.29) is 6.04 Å². The number of piperidine rings is 1. The minimum Gasteiger partial charge on any atom is -0.496 e. The van der Waals surface area contributed by atoms with Crippen LogP contribution < -0.4 is 4.74 Å². The Kier molecular flexibility index (Phi) is 5.23. The molecule has 1 saturated heterocycles. The van der Waals surface area contributed by atoms with Crippen molar-refractivity contribution in [2.24, 2.45) is 0 Å². The van der Waals surface area contributed by atoms with E-state index in [1.54, 1.807) is 7.11 Å². The van der Waals surface area contributed by atoms with Gasteiger partial charge in [-0.1, -0.05) is 32.4 Å². The average Bonchev–Trinajstić information content (AvgIpc) is 2.47. The summed E-state index contributed by atoms with van der Waals surface area (Å²) in [5, 5.41) is 9.38. The lowest BCUT2D eigenvalue weighted by molar-refractivity contribution is -0.144. The van der Waals surface area contributed by atoms with Crippen LogP contribution >= 0.6 is 0 Å². The second kappa shape index (κ2) is 6.94. The molecule has 0 amide bonds. The van der Waals surface area contributed by atoms with E-state index in [0.717, 1.165) is 37.1 Å². The quantitative estimate of drug-likeness (QED) is 0.904. The lowest BCUT2D eigenvalue weighted by Gasteiger charge is -2.33. The molecule has 1 heterocycles. The number of hydrogen-bond donors (Lipinski definition) is 1. The highest BCUT2D eigenvalue weighted by Gasteiger charge is 2.28. The zero-order chi connectivity index (χ0) is 15.4. The van der Waals surface area contributed by atoms with Crippen LogP contribution in [0.5, 0.6) is 5.75 Å². The van der Waals surface area contributed by atoms with Crippen LogP contribution in [0.3, 0.4) is 0 Å². The topological polar surface area (TPSA) is 49.8 Å². The Labute approximate surface area is 126 Å². The SMILES string of the molecule is COc1ccc(C(C)C)cc1CN1CCCCC1C(=O)O. The van der Waals surface area contributed by atoms with Crippen molar-refractivity contribution in [1.82, 2.24) is 4.90 Å². The monoisotopic (exact) mass is 291 g/mol. The standard InChI is InChI=1S/C17H25NO3/c1-12(2)13-7-8-16(21-3)14(10-13)11-18-9-5-4-6-15(18)17(19)20/h7-8,10,12,15H,4-6,9,11H2,1-3H3,(H,19,20). The molecule has 1 fully saturated rings. The van der Waals surface area contributed by atoms with E-state index in [1.807, 2.05) is 6.07 Å². The van der Waals surface area contributed by atoms with E-state index in [2.05, 4.69) is 30.9 Å². The molecule has 1 aromatic carbocycles. The Morgan fingerprint density at radius 1 is 1.43 bits per heavy atom. The summed E-state index contributed by atoms with van der Waals surface area (Å²) in [6, 6.07) is 5.85. The van der Waals surface area contributed by atoms with Gasteiger partial charge in [0.1, 0.15) is 11.8 Å². The number of carbonyl (C=O) groups is 1. The Morgan fingerprint density at radius 3 is 2.81 bits per heavy atom. The van der Waals surface area contributed by atoms with Crippen LogP contribution in [0.4, 0.5) is 0 Å². The predicted octanol–water partition coefficient (Wildman–Crippen LogP) is 3.26. The third kappa shape index (κ3) is 3.76. The van der Waals surface area contributed by atoms with Crippen molar-refractivity contribution >= 4 is 5.97 Å². The lowest BCUT2D eigenvalue weighted by Crippen LogP contribution is -2.44. The molecule has 0 aliphatic carbocycles. The molecule has 1 aliphatic heterocycles. The molecular formula is C17H25NO3. The van der Waals surface area contributed by atoms with Gasteiger partial charge in [-0.05, 0) is 36.9 Å².